The van der Waals surface area contributed by atoms with E-state index < -0.39 is 15.5 Å². The average Bonchev–Trinajstić information content (AvgIpc) is 2.74. The summed E-state index contributed by atoms with van der Waals surface area (Å²) in [5, 5.41) is 1.90. The van der Waals surface area contributed by atoms with E-state index in [9.17, 15) is 4.57 Å². The minimum absolute atomic E-state index is 0.00243. The van der Waals surface area contributed by atoms with Crippen LogP contribution in [0.2, 0.25) is 19.6 Å². The molecule has 2 atom stereocenters. The Hall–Kier alpha value is -1.58. The maximum atomic E-state index is 14.6. The lowest BCUT2D eigenvalue weighted by Crippen LogP contribution is -2.38. The third kappa shape index (κ3) is 6.21. The van der Waals surface area contributed by atoms with Crippen LogP contribution in [0.15, 0.2) is 95.9 Å². The average molecular weight is 455 g/mol. The fourth-order valence-corrected chi connectivity index (χ4v) is 9.59. The lowest BCUT2D eigenvalue weighted by Gasteiger charge is -2.32. The summed E-state index contributed by atoms with van der Waals surface area (Å²) in [6.07, 6.45) is 0.564. The Morgan fingerprint density at radius 3 is 1.67 bits per heavy atom. The van der Waals surface area contributed by atoms with E-state index in [4.69, 9.17) is 4.43 Å². The summed E-state index contributed by atoms with van der Waals surface area (Å²) in [4.78, 5) is 1.18. The topological polar surface area (TPSA) is 26.3 Å². The van der Waals surface area contributed by atoms with Gasteiger partial charge in [0.1, 0.15) is 7.14 Å². The minimum atomic E-state index is -2.82. The summed E-state index contributed by atoms with van der Waals surface area (Å²) in [6.45, 7) is 8.77. The normalized spacial score (nSPS) is 14.3. The van der Waals surface area contributed by atoms with Crippen molar-refractivity contribution in [3.63, 3.8) is 0 Å². The Bertz CT molecular complexity index is 915. The summed E-state index contributed by atoms with van der Waals surface area (Å²) in [7, 11) is -4.56. The first kappa shape index (κ1) is 23.1. The molecule has 0 N–H and O–H groups in total. The highest BCUT2D eigenvalue weighted by molar-refractivity contribution is 8.00. The third-order valence-electron chi connectivity index (χ3n) is 4.88. The molecule has 3 rings (SSSR count). The number of hydrogen-bond acceptors (Lipinski definition) is 3. The van der Waals surface area contributed by atoms with E-state index in [0.717, 1.165) is 10.6 Å². The van der Waals surface area contributed by atoms with E-state index in [2.05, 4.69) is 50.8 Å². The molecule has 0 heterocycles. The van der Waals surface area contributed by atoms with Gasteiger partial charge in [-0.3, -0.25) is 0 Å². The second-order valence-corrected chi connectivity index (χ2v) is 17.1. The standard InChI is InChI=1S/C25H31O2PSSi/c1-21(27-30(2,3)4)25(29-24-18-12-7-13-19-24)20-28(26,22-14-8-5-9-15-22)23-16-10-6-11-17-23/h5-19,21,25H,20H2,1-4H3/t21-,25+/m0/s1. The first-order valence-corrected chi connectivity index (χ1v) is 16.6. The molecule has 3 aromatic carbocycles. The van der Waals surface area contributed by atoms with Crippen molar-refractivity contribution in [2.45, 2.75) is 42.8 Å². The van der Waals surface area contributed by atoms with E-state index in [0.29, 0.717) is 6.16 Å². The van der Waals surface area contributed by atoms with E-state index >= 15 is 0 Å². The summed E-state index contributed by atoms with van der Waals surface area (Å²) < 4.78 is 21.1. The number of rotatable bonds is 9. The smallest absolute Gasteiger partial charge is 0.184 e. The van der Waals surface area contributed by atoms with Crippen molar-refractivity contribution >= 4 is 37.8 Å². The Labute approximate surface area is 186 Å². The van der Waals surface area contributed by atoms with Crippen molar-refractivity contribution in [2.75, 3.05) is 6.16 Å². The molecule has 0 aliphatic rings. The van der Waals surface area contributed by atoms with Crippen molar-refractivity contribution in [1.82, 2.24) is 0 Å². The van der Waals surface area contributed by atoms with Gasteiger partial charge in [0.25, 0.3) is 0 Å². The van der Waals surface area contributed by atoms with Crippen LogP contribution in [0.5, 0.6) is 0 Å². The molecule has 30 heavy (non-hydrogen) atoms. The molecule has 5 heteroatoms. The van der Waals surface area contributed by atoms with E-state index in [1.54, 1.807) is 11.8 Å². The van der Waals surface area contributed by atoms with Crippen LogP contribution < -0.4 is 10.6 Å². The van der Waals surface area contributed by atoms with E-state index in [1.165, 1.54) is 4.90 Å². The molecule has 0 unspecified atom stereocenters. The van der Waals surface area contributed by atoms with Gasteiger partial charge in [-0.15, -0.1) is 11.8 Å². The molecule has 158 valence electrons. The first-order valence-electron chi connectivity index (χ1n) is 10.4. The lowest BCUT2D eigenvalue weighted by molar-refractivity contribution is 0.216. The maximum absolute atomic E-state index is 14.6. The summed E-state index contributed by atoms with van der Waals surface area (Å²) in [5.41, 5.74) is 0. The van der Waals surface area contributed by atoms with Crippen LogP contribution in [0.4, 0.5) is 0 Å². The zero-order valence-corrected chi connectivity index (χ0v) is 20.9. The summed E-state index contributed by atoms with van der Waals surface area (Å²) >= 11 is 1.78. The molecule has 0 fully saturated rings. The van der Waals surface area contributed by atoms with Gasteiger partial charge in [0, 0.05) is 26.9 Å². The second-order valence-electron chi connectivity index (χ2n) is 8.50. The molecule has 2 nitrogen and oxygen atoms in total. The van der Waals surface area contributed by atoms with Gasteiger partial charge in [0.05, 0.1) is 6.10 Å². The second kappa shape index (κ2) is 10.1. The summed E-state index contributed by atoms with van der Waals surface area (Å²) in [5.74, 6) is 0. The molecule has 0 bridgehead atoms. The van der Waals surface area contributed by atoms with Gasteiger partial charge in [0.2, 0.25) is 0 Å². The van der Waals surface area contributed by atoms with Gasteiger partial charge in [0.15, 0.2) is 8.32 Å². The number of benzene rings is 3. The highest BCUT2D eigenvalue weighted by atomic mass is 32.2. The van der Waals surface area contributed by atoms with Gasteiger partial charge >= 0.3 is 0 Å². The predicted molar refractivity (Wildman–Crippen MR) is 135 cm³/mol. The highest BCUT2D eigenvalue weighted by Gasteiger charge is 2.35. The van der Waals surface area contributed by atoms with Gasteiger partial charge < -0.3 is 8.99 Å². The van der Waals surface area contributed by atoms with Crippen LogP contribution in [0.1, 0.15) is 6.92 Å². The Kier molecular flexibility index (Phi) is 7.81. The van der Waals surface area contributed by atoms with Crippen LogP contribution >= 0.6 is 18.9 Å². The highest BCUT2D eigenvalue weighted by Crippen LogP contribution is 2.47. The van der Waals surface area contributed by atoms with Gasteiger partial charge in [-0.2, -0.15) is 0 Å². The minimum Gasteiger partial charge on any atom is -0.414 e. The molecule has 0 aliphatic heterocycles. The van der Waals surface area contributed by atoms with Gasteiger partial charge in [-0.25, -0.2) is 0 Å². The largest absolute Gasteiger partial charge is 0.414 e. The van der Waals surface area contributed by atoms with Crippen molar-refractivity contribution in [1.29, 1.82) is 0 Å². The van der Waals surface area contributed by atoms with Crippen LogP contribution in [0.3, 0.4) is 0 Å². The number of hydrogen-bond donors (Lipinski definition) is 0. The molecule has 0 radical (unpaired) electrons. The van der Waals surface area contributed by atoms with Crippen LogP contribution in [0, 0.1) is 0 Å². The molecule has 0 saturated heterocycles. The maximum Gasteiger partial charge on any atom is 0.184 e. The number of thioether (sulfide) groups is 1. The van der Waals surface area contributed by atoms with Gasteiger partial charge in [-0.05, 0) is 38.7 Å². The van der Waals surface area contributed by atoms with Crippen LogP contribution in [-0.2, 0) is 8.99 Å². The molecule has 0 spiro atoms. The molecule has 3 aromatic rings. The monoisotopic (exact) mass is 454 g/mol. The van der Waals surface area contributed by atoms with Gasteiger partial charge in [-0.1, -0.05) is 78.9 Å². The SMILES string of the molecule is C[C@H](O[Si](C)(C)C)[C@@H](CP(=O)(c1ccccc1)c1ccccc1)Sc1ccccc1. The fourth-order valence-electron chi connectivity index (χ4n) is 3.54. The lowest BCUT2D eigenvalue weighted by atomic mass is 10.3. The fraction of sp³-hybridized carbons (Fsp3) is 0.280. The van der Waals surface area contributed by atoms with Crippen molar-refractivity contribution in [3.8, 4) is 0 Å². The van der Waals surface area contributed by atoms with Crippen LogP contribution in [-0.4, -0.2) is 25.8 Å². The predicted octanol–water partition coefficient (Wildman–Crippen LogP) is 6.40. The third-order valence-corrected chi connectivity index (χ3v) is 10.8. The molecular formula is C25H31O2PSSi. The molecule has 0 amide bonds. The van der Waals surface area contributed by atoms with Crippen molar-refractivity contribution in [3.05, 3.63) is 91.0 Å². The Balaban J connectivity index is 2.00. The van der Waals surface area contributed by atoms with E-state index in [-0.39, 0.29) is 11.4 Å². The zero-order valence-electron chi connectivity index (χ0n) is 18.2. The van der Waals surface area contributed by atoms with Crippen molar-refractivity contribution in [2.24, 2.45) is 0 Å². The van der Waals surface area contributed by atoms with Crippen LogP contribution in [0.25, 0.3) is 0 Å². The molecular weight excluding hydrogens is 423 g/mol. The zero-order chi connectivity index (χ0) is 21.6. The Morgan fingerprint density at radius 1 is 0.800 bits per heavy atom. The molecule has 0 aliphatic carbocycles. The molecule has 0 aromatic heterocycles. The molecule has 0 saturated carbocycles. The quantitative estimate of drug-likeness (QED) is 0.213. The van der Waals surface area contributed by atoms with E-state index in [1.807, 2.05) is 66.7 Å². The van der Waals surface area contributed by atoms with Crippen molar-refractivity contribution < 1.29 is 8.99 Å². The summed E-state index contributed by atoms with van der Waals surface area (Å²) in [6, 6.07) is 30.3. The first-order chi connectivity index (χ1) is 14.3. The Morgan fingerprint density at radius 2 is 1.23 bits per heavy atom.